The number of piperazine rings is 1. The fourth-order valence-electron chi connectivity index (χ4n) is 5.04. The maximum Gasteiger partial charge on any atom is 0.334 e. The normalized spacial score (nSPS) is 20.8. The third-order valence-electron chi connectivity index (χ3n) is 7.11. The molecule has 11 heteroatoms. The number of rotatable bonds is 7. The van der Waals surface area contributed by atoms with Gasteiger partial charge in [0.2, 0.25) is 11.8 Å². The molecule has 2 heterocycles. The lowest BCUT2D eigenvalue weighted by molar-refractivity contribution is -0.189. The van der Waals surface area contributed by atoms with Crippen LogP contribution in [0.4, 0.5) is 9.18 Å². The van der Waals surface area contributed by atoms with Gasteiger partial charge in [-0.2, -0.15) is 0 Å². The highest BCUT2D eigenvalue weighted by molar-refractivity contribution is 5.92. The number of aliphatic carboxylic acids is 1. The number of hydrazine groups is 1. The van der Waals surface area contributed by atoms with Gasteiger partial charge in [-0.25, -0.2) is 19.2 Å². The number of carbonyl (C=O) groups excluding carboxylic acids is 3. The number of nitrogens with zero attached hydrogens (tertiary/aromatic N) is 4. The van der Waals surface area contributed by atoms with Crippen LogP contribution in [0.3, 0.4) is 0 Å². The van der Waals surface area contributed by atoms with Gasteiger partial charge in [0.05, 0.1) is 19.1 Å². The average molecular weight is 526 g/mol. The highest BCUT2D eigenvalue weighted by atomic mass is 19.1. The van der Waals surface area contributed by atoms with E-state index in [1.54, 1.807) is 24.1 Å². The topological polar surface area (TPSA) is 114 Å². The molecule has 2 aromatic rings. The van der Waals surface area contributed by atoms with Crippen molar-refractivity contribution in [2.75, 3.05) is 20.1 Å². The minimum atomic E-state index is -1.08. The van der Waals surface area contributed by atoms with Crippen molar-refractivity contribution in [3.8, 4) is 0 Å². The first-order valence-corrected chi connectivity index (χ1v) is 12.5. The number of benzene rings is 2. The summed E-state index contributed by atoms with van der Waals surface area (Å²) >= 11 is 0. The van der Waals surface area contributed by atoms with Gasteiger partial charge in [-0.15, -0.1) is 0 Å². The minimum Gasteiger partial charge on any atom is -0.481 e. The zero-order chi connectivity index (χ0) is 27.6. The Morgan fingerprint density at radius 2 is 1.76 bits per heavy atom. The number of hydrogen-bond acceptors (Lipinski definition) is 5. The Hall–Kier alpha value is -3.99. The molecule has 2 fully saturated rings. The van der Waals surface area contributed by atoms with Crippen molar-refractivity contribution in [2.24, 2.45) is 0 Å². The molecule has 0 spiro atoms. The van der Waals surface area contributed by atoms with Crippen LogP contribution in [0.5, 0.6) is 0 Å². The number of urea groups is 1. The third-order valence-corrected chi connectivity index (χ3v) is 7.11. The fraction of sp³-hybridized carbons (Fsp3) is 0.407. The Labute approximate surface area is 220 Å². The minimum absolute atomic E-state index is 0.0531. The zero-order valence-electron chi connectivity index (χ0n) is 21.6. The van der Waals surface area contributed by atoms with E-state index in [9.17, 15) is 28.7 Å². The molecule has 2 unspecified atom stereocenters. The summed E-state index contributed by atoms with van der Waals surface area (Å²) in [4.78, 5) is 54.6. The maximum absolute atomic E-state index is 13.7. The van der Waals surface area contributed by atoms with Crippen molar-refractivity contribution in [2.45, 2.75) is 51.5 Å². The van der Waals surface area contributed by atoms with Gasteiger partial charge in [0.15, 0.2) is 0 Å². The van der Waals surface area contributed by atoms with Crippen LogP contribution >= 0.6 is 0 Å². The fourth-order valence-corrected chi connectivity index (χ4v) is 5.04. The molecule has 2 N–H and O–H groups in total. The third kappa shape index (κ3) is 5.62. The lowest BCUT2D eigenvalue weighted by Gasteiger charge is -2.55. The van der Waals surface area contributed by atoms with E-state index in [1.165, 1.54) is 27.1 Å². The van der Waals surface area contributed by atoms with Crippen molar-refractivity contribution >= 4 is 23.8 Å². The summed E-state index contributed by atoms with van der Waals surface area (Å²) in [6, 6.07) is 11.6. The van der Waals surface area contributed by atoms with E-state index in [4.69, 9.17) is 0 Å². The van der Waals surface area contributed by atoms with Gasteiger partial charge >= 0.3 is 12.0 Å². The maximum atomic E-state index is 13.7. The monoisotopic (exact) mass is 525 g/mol. The molecular weight excluding hydrogens is 493 g/mol. The van der Waals surface area contributed by atoms with E-state index in [0.717, 1.165) is 11.1 Å². The van der Waals surface area contributed by atoms with E-state index in [-0.39, 0.29) is 56.1 Å². The number of amides is 4. The molecule has 2 aromatic carbocycles. The number of carboxylic acids is 1. The predicted molar refractivity (Wildman–Crippen MR) is 136 cm³/mol. The van der Waals surface area contributed by atoms with E-state index in [0.29, 0.717) is 5.56 Å². The van der Waals surface area contributed by atoms with Crippen LogP contribution in [-0.2, 0) is 20.9 Å². The molecule has 2 aliphatic heterocycles. The van der Waals surface area contributed by atoms with Crippen molar-refractivity contribution in [3.05, 3.63) is 71.0 Å². The second-order valence-electron chi connectivity index (χ2n) is 9.75. The summed E-state index contributed by atoms with van der Waals surface area (Å²) < 4.78 is 13.3. The van der Waals surface area contributed by atoms with E-state index in [1.807, 2.05) is 38.1 Å². The van der Waals surface area contributed by atoms with Crippen LogP contribution in [-0.4, -0.2) is 81.1 Å². The van der Waals surface area contributed by atoms with Crippen molar-refractivity contribution in [1.82, 2.24) is 25.1 Å². The van der Waals surface area contributed by atoms with Gasteiger partial charge in [0.1, 0.15) is 18.0 Å². The van der Waals surface area contributed by atoms with Crippen LogP contribution < -0.4 is 5.32 Å². The summed E-state index contributed by atoms with van der Waals surface area (Å²) in [6.07, 6.45) is -1.20. The highest BCUT2D eigenvalue weighted by Gasteiger charge is 2.51. The predicted octanol–water partition coefficient (Wildman–Crippen LogP) is 2.50. The van der Waals surface area contributed by atoms with Crippen LogP contribution in [0.25, 0.3) is 0 Å². The molecule has 10 nitrogen and oxygen atoms in total. The lowest BCUT2D eigenvalue weighted by atomic mass is 9.98. The zero-order valence-corrected chi connectivity index (χ0v) is 21.6. The number of aryl methyl sites for hydroxylation is 1. The molecule has 2 aliphatic rings. The largest absolute Gasteiger partial charge is 0.481 e. The average Bonchev–Trinajstić information content (AvgIpc) is 2.87. The first-order chi connectivity index (χ1) is 18.1. The lowest BCUT2D eigenvalue weighted by Crippen LogP contribution is -2.76. The molecule has 0 bridgehead atoms. The van der Waals surface area contributed by atoms with E-state index in [2.05, 4.69) is 5.32 Å². The smallest absolute Gasteiger partial charge is 0.334 e. The number of carboxylic acid groups (broad SMARTS) is 1. The first kappa shape index (κ1) is 27.1. The highest BCUT2D eigenvalue weighted by Crippen LogP contribution is 2.32. The molecule has 0 aliphatic carbocycles. The van der Waals surface area contributed by atoms with Gasteiger partial charge in [-0.3, -0.25) is 14.4 Å². The number of nitrogens with one attached hydrogen (secondary N) is 1. The summed E-state index contributed by atoms with van der Waals surface area (Å²) in [5.41, 5.74) is 2.65. The molecule has 2 saturated heterocycles. The Morgan fingerprint density at radius 1 is 1.11 bits per heavy atom. The van der Waals surface area contributed by atoms with Gasteiger partial charge in [-0.1, -0.05) is 42.0 Å². The van der Waals surface area contributed by atoms with Gasteiger partial charge in [0.25, 0.3) is 0 Å². The van der Waals surface area contributed by atoms with E-state index < -0.39 is 24.2 Å². The Morgan fingerprint density at radius 3 is 2.39 bits per heavy atom. The SMILES string of the molecule is Cc1ccc(C(C)N2C[C@H]3N(C(=O)CN(C)N3C(=O)NCc3ccc(F)cc3)C(CCC(=O)O)C2=O)cc1. The Kier molecular flexibility index (Phi) is 7.96. The second kappa shape index (κ2) is 11.2. The summed E-state index contributed by atoms with van der Waals surface area (Å²) in [5.74, 6) is -2.16. The van der Waals surface area contributed by atoms with Gasteiger partial charge in [-0.05, 0) is 43.5 Å². The number of likely N-dealkylation sites (N-methyl/N-ethyl adjacent to an activating group) is 1. The van der Waals surface area contributed by atoms with Crippen LogP contribution in [0, 0.1) is 12.7 Å². The van der Waals surface area contributed by atoms with E-state index >= 15 is 0 Å². The Balaban J connectivity index is 1.64. The molecule has 202 valence electrons. The number of hydrogen-bond donors (Lipinski definition) is 2. The molecule has 4 rings (SSSR count). The number of halogens is 1. The standard InChI is InChI=1S/C27H32FN5O5/c1-17-4-8-20(9-5-17)18(2)31-15-23-32(22(26(31)37)12-13-25(35)36)24(34)16-30(3)33(23)27(38)29-14-19-6-10-21(28)11-7-19/h4-11,18,22-23H,12-16H2,1-3H3,(H,29,38)(H,35,36)/t18?,22?,23-/m0/s1. The molecule has 0 radical (unpaired) electrons. The van der Waals surface area contributed by atoms with Crippen molar-refractivity contribution < 1.29 is 28.7 Å². The molecule has 3 atom stereocenters. The molecule has 38 heavy (non-hydrogen) atoms. The second-order valence-corrected chi connectivity index (χ2v) is 9.75. The van der Waals surface area contributed by atoms with Gasteiger partial charge in [0, 0.05) is 20.0 Å². The molecule has 0 aromatic heterocycles. The van der Waals surface area contributed by atoms with Crippen molar-refractivity contribution in [1.29, 1.82) is 0 Å². The van der Waals surface area contributed by atoms with Crippen molar-refractivity contribution in [3.63, 3.8) is 0 Å². The number of fused-ring (bicyclic) bond motifs is 1. The van der Waals surface area contributed by atoms with Crippen LogP contribution in [0.1, 0.15) is 42.5 Å². The molecule has 4 amide bonds. The number of carbonyl (C=O) groups is 4. The summed E-state index contributed by atoms with van der Waals surface area (Å²) in [6.45, 7) is 3.88. The van der Waals surface area contributed by atoms with Crippen LogP contribution in [0.2, 0.25) is 0 Å². The summed E-state index contributed by atoms with van der Waals surface area (Å²) in [5, 5.41) is 15.0. The molecule has 0 saturated carbocycles. The van der Waals surface area contributed by atoms with Gasteiger partial charge < -0.3 is 20.2 Å². The Bertz CT molecular complexity index is 1210. The van der Waals surface area contributed by atoms with Crippen LogP contribution in [0.15, 0.2) is 48.5 Å². The molecular formula is C27H32FN5O5. The first-order valence-electron chi connectivity index (χ1n) is 12.5. The quantitative estimate of drug-likeness (QED) is 0.574. The summed E-state index contributed by atoms with van der Waals surface area (Å²) in [7, 11) is 1.61.